The Hall–Kier alpha value is -0.920. The molecule has 15 heavy (non-hydrogen) atoms. The van der Waals surface area contributed by atoms with E-state index in [-0.39, 0.29) is 11.8 Å². The third kappa shape index (κ3) is 2.19. The molecule has 2 heteroatoms. The van der Waals surface area contributed by atoms with Crippen molar-refractivity contribution in [2.24, 2.45) is 0 Å². The molecule has 0 unspecified atom stereocenters. The fourth-order valence-electron chi connectivity index (χ4n) is 2.19. The van der Waals surface area contributed by atoms with Crippen LogP contribution in [-0.2, 0) is 0 Å². The Morgan fingerprint density at radius 2 is 1.20 bits per heavy atom. The van der Waals surface area contributed by atoms with Crippen molar-refractivity contribution in [1.82, 2.24) is 0 Å². The Labute approximate surface area is 90.3 Å². The molecule has 0 saturated carbocycles. The molecule has 1 aromatic carbocycles. The van der Waals surface area contributed by atoms with E-state index in [0.717, 1.165) is 11.6 Å². The first-order chi connectivity index (χ1) is 6.86. The Morgan fingerprint density at radius 1 is 0.867 bits per heavy atom. The first-order valence-electron chi connectivity index (χ1n) is 5.34. The Kier molecular flexibility index (Phi) is 3.48. The number of hydrogen-bond acceptors (Lipinski definition) is 0. The molecule has 1 rings (SSSR count). The predicted octanol–water partition coefficient (Wildman–Crippen LogP) is 4.52. The van der Waals surface area contributed by atoms with E-state index in [2.05, 4.69) is 0 Å². The van der Waals surface area contributed by atoms with Gasteiger partial charge < -0.3 is 0 Å². The summed E-state index contributed by atoms with van der Waals surface area (Å²) in [4.78, 5) is 0. The molecule has 1 aromatic rings. The fraction of sp³-hybridized carbons (Fsp3) is 0.538. The fourth-order valence-corrected chi connectivity index (χ4v) is 2.19. The second kappa shape index (κ2) is 4.30. The van der Waals surface area contributed by atoms with E-state index in [1.165, 1.54) is 0 Å². The van der Waals surface area contributed by atoms with Gasteiger partial charge in [0.2, 0.25) is 0 Å². The maximum atomic E-state index is 13.6. The lowest BCUT2D eigenvalue weighted by Crippen LogP contribution is -2.06. The van der Waals surface area contributed by atoms with E-state index in [4.69, 9.17) is 0 Å². The summed E-state index contributed by atoms with van der Waals surface area (Å²) in [6, 6.07) is 1.01. The van der Waals surface area contributed by atoms with Crippen molar-refractivity contribution in [2.75, 3.05) is 0 Å². The van der Waals surface area contributed by atoms with Crippen LogP contribution in [0, 0.1) is 18.6 Å². The Balaban J connectivity index is 3.49. The standard InChI is InChI=1S/C13H18F2/c1-7(2)12-9(5)13(8(3)4)11(15)6-10(12)14/h6-8H,1-5H3. The summed E-state index contributed by atoms with van der Waals surface area (Å²) in [7, 11) is 0. The molecule has 0 atom stereocenters. The molecule has 0 heterocycles. The van der Waals surface area contributed by atoms with Gasteiger partial charge in [0.05, 0.1) is 0 Å². The third-order valence-corrected chi connectivity index (χ3v) is 2.73. The SMILES string of the molecule is Cc1c(C(C)C)c(F)cc(F)c1C(C)C. The van der Waals surface area contributed by atoms with Gasteiger partial charge in [0.1, 0.15) is 11.6 Å². The number of rotatable bonds is 2. The molecule has 0 fully saturated rings. The normalized spacial score (nSPS) is 11.5. The van der Waals surface area contributed by atoms with Crippen LogP contribution in [0.5, 0.6) is 0 Å². The predicted molar refractivity (Wildman–Crippen MR) is 59.3 cm³/mol. The molecule has 0 amide bonds. The summed E-state index contributed by atoms with van der Waals surface area (Å²) in [6.45, 7) is 9.50. The van der Waals surface area contributed by atoms with Gasteiger partial charge in [-0.1, -0.05) is 27.7 Å². The zero-order chi connectivity index (χ0) is 11.7. The topological polar surface area (TPSA) is 0 Å². The second-order valence-electron chi connectivity index (χ2n) is 4.60. The highest BCUT2D eigenvalue weighted by molar-refractivity contribution is 5.39. The average Bonchev–Trinajstić information content (AvgIpc) is 1.99. The summed E-state index contributed by atoms with van der Waals surface area (Å²) in [5.41, 5.74) is 2.04. The minimum Gasteiger partial charge on any atom is -0.207 e. The van der Waals surface area contributed by atoms with Crippen molar-refractivity contribution >= 4 is 0 Å². The third-order valence-electron chi connectivity index (χ3n) is 2.73. The van der Waals surface area contributed by atoms with Gasteiger partial charge in [0.15, 0.2) is 0 Å². The number of hydrogen-bond donors (Lipinski definition) is 0. The lowest BCUT2D eigenvalue weighted by Gasteiger charge is -2.18. The summed E-state index contributed by atoms with van der Waals surface area (Å²) in [6.07, 6.45) is 0. The number of benzene rings is 1. The van der Waals surface area contributed by atoms with Crippen LogP contribution < -0.4 is 0 Å². The molecule has 0 saturated heterocycles. The molecular formula is C13H18F2. The van der Waals surface area contributed by atoms with Gasteiger partial charge in [-0.15, -0.1) is 0 Å². The minimum absolute atomic E-state index is 0.0862. The van der Waals surface area contributed by atoms with E-state index in [1.54, 1.807) is 6.92 Å². The van der Waals surface area contributed by atoms with Gasteiger partial charge in [-0.2, -0.15) is 0 Å². The molecule has 0 aliphatic carbocycles. The van der Waals surface area contributed by atoms with Crippen LogP contribution in [0.3, 0.4) is 0 Å². The van der Waals surface area contributed by atoms with Gasteiger partial charge >= 0.3 is 0 Å². The van der Waals surface area contributed by atoms with E-state index in [9.17, 15) is 8.78 Å². The molecule has 0 aromatic heterocycles. The molecule has 0 N–H and O–H groups in total. The average molecular weight is 212 g/mol. The van der Waals surface area contributed by atoms with Crippen molar-refractivity contribution in [3.63, 3.8) is 0 Å². The largest absolute Gasteiger partial charge is 0.207 e. The molecule has 84 valence electrons. The highest BCUT2D eigenvalue weighted by atomic mass is 19.1. The summed E-state index contributed by atoms with van der Waals surface area (Å²) in [5, 5.41) is 0. The lowest BCUT2D eigenvalue weighted by atomic mass is 9.89. The zero-order valence-electron chi connectivity index (χ0n) is 9.99. The van der Waals surface area contributed by atoms with Crippen LogP contribution in [-0.4, -0.2) is 0 Å². The van der Waals surface area contributed by atoms with Crippen molar-refractivity contribution in [2.45, 2.75) is 46.5 Å². The molecule has 0 spiro atoms. The van der Waals surface area contributed by atoms with Gasteiger partial charge in [0, 0.05) is 6.07 Å². The van der Waals surface area contributed by atoms with E-state index in [0.29, 0.717) is 11.1 Å². The minimum atomic E-state index is -0.426. The van der Waals surface area contributed by atoms with Crippen molar-refractivity contribution in [1.29, 1.82) is 0 Å². The highest BCUT2D eigenvalue weighted by Crippen LogP contribution is 2.31. The van der Waals surface area contributed by atoms with Gasteiger partial charge in [0.25, 0.3) is 0 Å². The maximum absolute atomic E-state index is 13.6. The van der Waals surface area contributed by atoms with Crippen LogP contribution in [0.25, 0.3) is 0 Å². The highest BCUT2D eigenvalue weighted by Gasteiger charge is 2.19. The second-order valence-corrected chi connectivity index (χ2v) is 4.60. The van der Waals surface area contributed by atoms with Crippen LogP contribution in [0.4, 0.5) is 8.78 Å². The molecule has 0 aliphatic rings. The molecule has 0 nitrogen and oxygen atoms in total. The first kappa shape index (κ1) is 12.2. The first-order valence-corrected chi connectivity index (χ1v) is 5.34. The molecular weight excluding hydrogens is 194 g/mol. The maximum Gasteiger partial charge on any atom is 0.129 e. The molecule has 0 aliphatic heterocycles. The van der Waals surface area contributed by atoms with E-state index in [1.807, 2.05) is 27.7 Å². The van der Waals surface area contributed by atoms with Gasteiger partial charge in [-0.05, 0) is 35.4 Å². The monoisotopic (exact) mass is 212 g/mol. The van der Waals surface area contributed by atoms with Crippen LogP contribution in [0.2, 0.25) is 0 Å². The lowest BCUT2D eigenvalue weighted by molar-refractivity contribution is 0.546. The Morgan fingerprint density at radius 3 is 1.47 bits per heavy atom. The van der Waals surface area contributed by atoms with Gasteiger partial charge in [-0.3, -0.25) is 0 Å². The number of halogens is 2. The van der Waals surface area contributed by atoms with Crippen molar-refractivity contribution < 1.29 is 8.78 Å². The Bertz CT molecular complexity index is 333. The summed E-state index contributed by atoms with van der Waals surface area (Å²) in [5.74, 6) is -0.681. The molecule has 0 radical (unpaired) electrons. The van der Waals surface area contributed by atoms with Crippen LogP contribution in [0.1, 0.15) is 56.2 Å². The molecule has 0 bridgehead atoms. The summed E-state index contributed by atoms with van der Waals surface area (Å²) >= 11 is 0. The van der Waals surface area contributed by atoms with Crippen molar-refractivity contribution in [3.05, 3.63) is 34.4 Å². The summed E-state index contributed by atoms with van der Waals surface area (Å²) < 4.78 is 27.1. The quantitative estimate of drug-likeness (QED) is 0.676. The van der Waals surface area contributed by atoms with Crippen molar-refractivity contribution in [3.8, 4) is 0 Å². The van der Waals surface area contributed by atoms with E-state index >= 15 is 0 Å². The zero-order valence-corrected chi connectivity index (χ0v) is 9.99. The van der Waals surface area contributed by atoms with Crippen LogP contribution >= 0.6 is 0 Å². The van der Waals surface area contributed by atoms with Gasteiger partial charge in [-0.25, -0.2) is 8.78 Å². The smallest absolute Gasteiger partial charge is 0.129 e. The van der Waals surface area contributed by atoms with E-state index < -0.39 is 11.6 Å². The van der Waals surface area contributed by atoms with Crippen LogP contribution in [0.15, 0.2) is 6.07 Å².